The molecule has 1 aromatic carbocycles. The van der Waals surface area contributed by atoms with Crippen LogP contribution in [0.5, 0.6) is 0 Å². The first-order valence-corrected chi connectivity index (χ1v) is 13.0. The molecule has 1 aromatic rings. The Morgan fingerprint density at radius 3 is 2.46 bits per heavy atom. The summed E-state index contributed by atoms with van der Waals surface area (Å²) in [7, 11) is -1.80. The summed E-state index contributed by atoms with van der Waals surface area (Å²) in [4.78, 5) is 26.9. The number of aryl methyl sites for hydroxylation is 1. The van der Waals surface area contributed by atoms with E-state index in [4.69, 9.17) is 9.16 Å². The van der Waals surface area contributed by atoms with E-state index in [0.29, 0.717) is 5.57 Å². The van der Waals surface area contributed by atoms with E-state index >= 15 is 0 Å². The number of nitrogens with zero attached hydrogens (tertiary/aromatic N) is 1. The molecule has 1 saturated heterocycles. The Labute approximate surface area is 167 Å². The predicted octanol–water partition coefficient (Wildman–Crippen LogP) is 2.57. The highest BCUT2D eigenvalue weighted by Gasteiger charge is 2.57. The van der Waals surface area contributed by atoms with Crippen molar-refractivity contribution in [2.24, 2.45) is 5.92 Å². The lowest BCUT2D eigenvalue weighted by atomic mass is 9.83. The first kappa shape index (κ1) is 20.8. The van der Waals surface area contributed by atoms with Gasteiger partial charge in [0.2, 0.25) is 5.91 Å². The smallest absolute Gasteiger partial charge is 0.355 e. The molecule has 3 unspecified atom stereocenters. The topological polar surface area (TPSA) is 76.1 Å². The number of β-lactam (4-membered cyclic amide) rings is 1. The molecule has 0 spiro atoms. The van der Waals surface area contributed by atoms with E-state index in [2.05, 4.69) is 19.6 Å². The van der Waals surface area contributed by atoms with Gasteiger partial charge in [0.15, 0.2) is 8.32 Å². The van der Waals surface area contributed by atoms with Crippen LogP contribution in [0, 0.1) is 19.3 Å². The first-order chi connectivity index (χ1) is 13.1. The van der Waals surface area contributed by atoms with Gasteiger partial charge in [0, 0.05) is 6.42 Å². The van der Waals surface area contributed by atoms with Crippen molar-refractivity contribution in [2.75, 3.05) is 6.61 Å². The van der Waals surface area contributed by atoms with E-state index < -0.39 is 14.3 Å². The quantitative estimate of drug-likeness (QED) is 0.431. The number of ether oxygens (including phenoxy) is 1. The SMILES string of the molecule is Cc1ccc(COC(=O)C2=C(CO)[CH]C3C(C(C)O[Si](C)(C)C)C(=O)N23)cc1. The maximum absolute atomic E-state index is 12.8. The van der Waals surface area contributed by atoms with Crippen LogP contribution >= 0.6 is 0 Å². The van der Waals surface area contributed by atoms with Crippen molar-refractivity contribution in [3.8, 4) is 0 Å². The van der Waals surface area contributed by atoms with Crippen molar-refractivity contribution < 1.29 is 23.9 Å². The van der Waals surface area contributed by atoms with Gasteiger partial charge >= 0.3 is 5.97 Å². The summed E-state index contributed by atoms with van der Waals surface area (Å²) in [5.41, 5.74) is 2.59. The van der Waals surface area contributed by atoms with Crippen molar-refractivity contribution in [1.82, 2.24) is 4.90 Å². The number of aliphatic hydroxyl groups is 1. The summed E-state index contributed by atoms with van der Waals surface area (Å²) in [6.45, 7) is 9.92. The number of amides is 1. The molecule has 151 valence electrons. The van der Waals surface area contributed by atoms with Crippen LogP contribution in [0.4, 0.5) is 0 Å². The van der Waals surface area contributed by atoms with Crippen molar-refractivity contribution in [1.29, 1.82) is 0 Å². The van der Waals surface area contributed by atoms with Crippen LogP contribution in [-0.2, 0) is 25.4 Å². The molecule has 7 heteroatoms. The van der Waals surface area contributed by atoms with Gasteiger partial charge in [0.25, 0.3) is 0 Å². The van der Waals surface area contributed by atoms with Crippen molar-refractivity contribution in [2.45, 2.75) is 52.2 Å². The van der Waals surface area contributed by atoms with Crippen LogP contribution in [0.25, 0.3) is 0 Å². The monoisotopic (exact) mass is 402 g/mol. The zero-order valence-electron chi connectivity index (χ0n) is 17.1. The number of carbonyl (C=O) groups excluding carboxylic acids is 2. The molecule has 1 fully saturated rings. The van der Waals surface area contributed by atoms with Gasteiger partial charge in [-0.1, -0.05) is 29.8 Å². The molecular formula is C21H28NO5Si. The van der Waals surface area contributed by atoms with Crippen molar-refractivity contribution in [3.63, 3.8) is 0 Å². The molecule has 0 aromatic heterocycles. The average Bonchev–Trinajstić information content (AvgIpc) is 2.93. The molecular weight excluding hydrogens is 374 g/mol. The molecule has 2 aliphatic heterocycles. The Bertz CT molecular complexity index is 796. The summed E-state index contributed by atoms with van der Waals surface area (Å²) >= 11 is 0. The number of fused-ring (bicyclic) bond motifs is 1. The van der Waals surface area contributed by atoms with E-state index in [1.54, 1.807) is 6.42 Å². The van der Waals surface area contributed by atoms with Crippen LogP contribution in [0.3, 0.4) is 0 Å². The van der Waals surface area contributed by atoms with E-state index in [1.807, 2.05) is 38.1 Å². The van der Waals surface area contributed by atoms with Gasteiger partial charge in [-0.2, -0.15) is 0 Å². The fraction of sp³-hybridized carbons (Fsp3) is 0.476. The third kappa shape index (κ3) is 4.06. The minimum atomic E-state index is -1.80. The zero-order valence-corrected chi connectivity index (χ0v) is 18.1. The highest BCUT2D eigenvalue weighted by atomic mass is 28.4. The van der Waals surface area contributed by atoms with Gasteiger partial charge in [-0.25, -0.2) is 4.79 Å². The van der Waals surface area contributed by atoms with Gasteiger partial charge in [-0.3, -0.25) is 4.79 Å². The maximum Gasteiger partial charge on any atom is 0.355 e. The summed E-state index contributed by atoms with van der Waals surface area (Å²) in [5, 5.41) is 9.70. The molecule has 2 aliphatic rings. The molecule has 3 atom stereocenters. The van der Waals surface area contributed by atoms with Crippen molar-refractivity contribution >= 4 is 20.2 Å². The standard InChI is InChI=1S/C21H28NO5Si/c1-13-6-8-15(9-7-13)12-26-21(25)19-16(11-23)10-17-18(20(24)22(17)19)14(2)27-28(3,4)5/h6-10,14,17-18,23H,11-12H2,1-5H3. The second-order valence-electron chi connectivity index (χ2n) is 8.42. The maximum atomic E-state index is 12.8. The Balaban J connectivity index is 1.69. The fourth-order valence-electron chi connectivity index (χ4n) is 3.78. The van der Waals surface area contributed by atoms with E-state index in [1.165, 1.54) is 4.90 Å². The Morgan fingerprint density at radius 1 is 1.25 bits per heavy atom. The van der Waals surface area contributed by atoms with Crippen LogP contribution in [0.2, 0.25) is 19.6 Å². The normalized spacial score (nSPS) is 22.8. The molecule has 1 N–H and O–H groups in total. The Morgan fingerprint density at radius 2 is 1.89 bits per heavy atom. The molecule has 28 heavy (non-hydrogen) atoms. The summed E-state index contributed by atoms with van der Waals surface area (Å²) in [6.07, 6.45) is 1.55. The minimum absolute atomic E-state index is 0.118. The Hall–Kier alpha value is -1.96. The van der Waals surface area contributed by atoms with Gasteiger partial charge < -0.3 is 19.2 Å². The average molecular weight is 403 g/mol. The van der Waals surface area contributed by atoms with E-state index in [9.17, 15) is 14.7 Å². The number of esters is 1. The minimum Gasteiger partial charge on any atom is -0.456 e. The summed E-state index contributed by atoms with van der Waals surface area (Å²) in [6, 6.07) is 7.43. The molecule has 0 saturated carbocycles. The molecule has 6 nitrogen and oxygen atoms in total. The second kappa shape index (κ2) is 7.81. The fourth-order valence-corrected chi connectivity index (χ4v) is 5.04. The third-order valence-electron chi connectivity index (χ3n) is 5.01. The molecule has 2 heterocycles. The lowest BCUT2D eigenvalue weighted by molar-refractivity contribution is -0.160. The third-order valence-corrected chi connectivity index (χ3v) is 6.08. The zero-order chi connectivity index (χ0) is 20.6. The lowest BCUT2D eigenvalue weighted by Gasteiger charge is -2.47. The first-order valence-electron chi connectivity index (χ1n) is 9.55. The van der Waals surface area contributed by atoms with Crippen LogP contribution in [0.15, 0.2) is 35.5 Å². The van der Waals surface area contributed by atoms with Gasteiger partial charge in [-0.15, -0.1) is 0 Å². The highest BCUT2D eigenvalue weighted by Crippen LogP contribution is 2.44. The van der Waals surface area contributed by atoms with Crippen LogP contribution < -0.4 is 0 Å². The predicted molar refractivity (Wildman–Crippen MR) is 107 cm³/mol. The van der Waals surface area contributed by atoms with Crippen LogP contribution in [-0.4, -0.2) is 49.0 Å². The number of aliphatic hydroxyl groups excluding tert-OH is 1. The largest absolute Gasteiger partial charge is 0.456 e. The number of hydrogen-bond acceptors (Lipinski definition) is 5. The van der Waals surface area contributed by atoms with E-state index in [0.717, 1.165) is 11.1 Å². The lowest BCUT2D eigenvalue weighted by Crippen LogP contribution is -2.63. The van der Waals surface area contributed by atoms with Crippen LogP contribution in [0.1, 0.15) is 18.1 Å². The van der Waals surface area contributed by atoms with Gasteiger partial charge in [0.05, 0.1) is 24.7 Å². The Kier molecular flexibility index (Phi) is 5.79. The molecule has 0 bridgehead atoms. The molecule has 1 radical (unpaired) electrons. The second-order valence-corrected chi connectivity index (χ2v) is 12.9. The van der Waals surface area contributed by atoms with E-state index in [-0.39, 0.29) is 42.9 Å². The summed E-state index contributed by atoms with van der Waals surface area (Å²) < 4.78 is 11.5. The van der Waals surface area contributed by atoms with Gasteiger partial charge in [-0.05, 0) is 44.6 Å². The van der Waals surface area contributed by atoms with Crippen molar-refractivity contribution in [3.05, 3.63) is 53.1 Å². The molecule has 1 amide bonds. The summed E-state index contributed by atoms with van der Waals surface area (Å²) in [5.74, 6) is -1.08. The number of carbonyl (C=O) groups is 2. The number of hydrogen-bond donors (Lipinski definition) is 1. The highest BCUT2D eigenvalue weighted by molar-refractivity contribution is 6.69. The molecule has 0 aliphatic carbocycles. The number of benzene rings is 1. The molecule has 3 rings (SSSR count). The van der Waals surface area contributed by atoms with Gasteiger partial charge in [0.1, 0.15) is 12.3 Å². The number of rotatable bonds is 7.